The molecule has 1 heterocycles. The van der Waals surface area contributed by atoms with Crippen molar-refractivity contribution in [2.75, 3.05) is 19.6 Å². The van der Waals surface area contributed by atoms with Gasteiger partial charge in [-0.15, -0.1) is 0 Å². The fraction of sp³-hybridized carbons (Fsp3) is 1.00. The molecule has 0 aromatic carbocycles. The molecule has 88 valence electrons. The third-order valence-corrected chi connectivity index (χ3v) is 3.56. The molecule has 2 atom stereocenters. The molecular weight excluding hydrogens is 188 g/mol. The highest BCUT2D eigenvalue weighted by molar-refractivity contribution is 4.95. The number of nitrogens with one attached hydrogen (secondary N) is 1. The van der Waals surface area contributed by atoms with Crippen LogP contribution in [0.15, 0.2) is 0 Å². The molecule has 2 rings (SSSR count). The number of nitrogens with zero attached hydrogens (tertiary/aromatic N) is 1. The highest BCUT2D eigenvalue weighted by Gasteiger charge is 2.38. The first-order valence-electron chi connectivity index (χ1n) is 6.33. The second kappa shape index (κ2) is 4.81. The van der Waals surface area contributed by atoms with Gasteiger partial charge in [0.25, 0.3) is 0 Å². The predicted octanol–water partition coefficient (Wildman–Crippen LogP) is 0.830. The minimum Gasteiger partial charge on any atom is -0.390 e. The van der Waals surface area contributed by atoms with Crippen molar-refractivity contribution in [2.45, 2.75) is 51.3 Å². The zero-order valence-electron chi connectivity index (χ0n) is 9.95. The SMILES string of the molecule is CC(C)CCN(C1CC1)C1CNCC1O. The fourth-order valence-corrected chi connectivity index (χ4v) is 2.42. The summed E-state index contributed by atoms with van der Waals surface area (Å²) in [5.41, 5.74) is 0. The minimum absolute atomic E-state index is 0.155. The number of aliphatic hydroxyl groups is 1. The summed E-state index contributed by atoms with van der Waals surface area (Å²) in [6.07, 6.45) is 3.76. The van der Waals surface area contributed by atoms with Crippen LogP contribution in [-0.4, -0.2) is 47.8 Å². The second-order valence-electron chi connectivity index (χ2n) is 5.44. The van der Waals surface area contributed by atoms with Crippen molar-refractivity contribution >= 4 is 0 Å². The minimum atomic E-state index is -0.155. The average molecular weight is 212 g/mol. The maximum absolute atomic E-state index is 9.90. The maximum atomic E-state index is 9.90. The highest BCUT2D eigenvalue weighted by atomic mass is 16.3. The number of aliphatic hydroxyl groups excluding tert-OH is 1. The molecule has 1 saturated heterocycles. The Morgan fingerprint density at radius 1 is 1.33 bits per heavy atom. The molecule has 0 radical (unpaired) electrons. The summed E-state index contributed by atoms with van der Waals surface area (Å²) < 4.78 is 0. The van der Waals surface area contributed by atoms with Crippen molar-refractivity contribution in [3.63, 3.8) is 0 Å². The zero-order valence-corrected chi connectivity index (χ0v) is 9.95. The first kappa shape index (κ1) is 11.4. The zero-order chi connectivity index (χ0) is 10.8. The van der Waals surface area contributed by atoms with E-state index in [4.69, 9.17) is 0 Å². The molecule has 2 aliphatic rings. The molecule has 1 aliphatic heterocycles. The Kier molecular flexibility index (Phi) is 3.65. The van der Waals surface area contributed by atoms with Gasteiger partial charge in [-0.3, -0.25) is 4.90 Å². The normalized spacial score (nSPS) is 31.8. The second-order valence-corrected chi connectivity index (χ2v) is 5.44. The van der Waals surface area contributed by atoms with Crippen LogP contribution in [0.5, 0.6) is 0 Å². The van der Waals surface area contributed by atoms with Gasteiger partial charge in [0.15, 0.2) is 0 Å². The van der Waals surface area contributed by atoms with Crippen LogP contribution in [0, 0.1) is 5.92 Å². The number of β-amino-alcohol motifs (C(OH)–C–C–N with tert-alkyl or cyclic N) is 1. The van der Waals surface area contributed by atoms with E-state index in [1.807, 2.05) is 0 Å². The lowest BCUT2D eigenvalue weighted by Gasteiger charge is -2.31. The lowest BCUT2D eigenvalue weighted by atomic mass is 10.1. The van der Waals surface area contributed by atoms with Crippen molar-refractivity contribution in [3.8, 4) is 0 Å². The molecule has 0 bridgehead atoms. The Bertz CT molecular complexity index is 204. The van der Waals surface area contributed by atoms with E-state index in [9.17, 15) is 5.11 Å². The molecule has 15 heavy (non-hydrogen) atoms. The maximum Gasteiger partial charge on any atom is 0.0831 e. The Morgan fingerprint density at radius 2 is 2.07 bits per heavy atom. The predicted molar refractivity (Wildman–Crippen MR) is 61.8 cm³/mol. The number of hydrogen-bond acceptors (Lipinski definition) is 3. The summed E-state index contributed by atoms with van der Waals surface area (Å²) in [6, 6.07) is 1.14. The van der Waals surface area contributed by atoms with Crippen molar-refractivity contribution in [1.82, 2.24) is 10.2 Å². The number of hydrogen-bond donors (Lipinski definition) is 2. The summed E-state index contributed by atoms with van der Waals surface area (Å²) in [5.74, 6) is 0.762. The largest absolute Gasteiger partial charge is 0.390 e. The standard InChI is InChI=1S/C12H24N2O/c1-9(2)5-6-14(10-3-4-10)11-7-13-8-12(11)15/h9-13,15H,3-8H2,1-2H3. The molecule has 0 aromatic rings. The molecular formula is C12H24N2O. The van der Waals surface area contributed by atoms with Crippen LogP contribution in [-0.2, 0) is 0 Å². The van der Waals surface area contributed by atoms with E-state index in [1.165, 1.54) is 19.3 Å². The Labute approximate surface area is 92.8 Å². The van der Waals surface area contributed by atoms with Crippen LogP contribution >= 0.6 is 0 Å². The first-order valence-corrected chi connectivity index (χ1v) is 6.33. The fourth-order valence-electron chi connectivity index (χ4n) is 2.42. The van der Waals surface area contributed by atoms with E-state index in [1.54, 1.807) is 0 Å². The Hall–Kier alpha value is -0.120. The van der Waals surface area contributed by atoms with Gasteiger partial charge in [0.1, 0.15) is 0 Å². The monoisotopic (exact) mass is 212 g/mol. The summed E-state index contributed by atoms with van der Waals surface area (Å²) in [6.45, 7) is 7.44. The average Bonchev–Trinajstić information content (AvgIpc) is 2.92. The molecule has 2 fully saturated rings. The Morgan fingerprint density at radius 3 is 2.53 bits per heavy atom. The molecule has 2 N–H and O–H groups in total. The van der Waals surface area contributed by atoms with Gasteiger partial charge in [-0.25, -0.2) is 0 Å². The third kappa shape index (κ3) is 2.92. The van der Waals surface area contributed by atoms with Crippen molar-refractivity contribution in [2.24, 2.45) is 5.92 Å². The van der Waals surface area contributed by atoms with Crippen LogP contribution in [0.1, 0.15) is 33.1 Å². The van der Waals surface area contributed by atoms with Gasteiger partial charge in [-0.2, -0.15) is 0 Å². The molecule has 1 saturated carbocycles. The van der Waals surface area contributed by atoms with Crippen molar-refractivity contribution in [3.05, 3.63) is 0 Å². The van der Waals surface area contributed by atoms with Crippen molar-refractivity contribution < 1.29 is 5.11 Å². The van der Waals surface area contributed by atoms with E-state index in [0.717, 1.165) is 31.6 Å². The molecule has 3 heteroatoms. The molecule has 0 aromatic heterocycles. The lowest BCUT2D eigenvalue weighted by Crippen LogP contribution is -2.45. The lowest BCUT2D eigenvalue weighted by molar-refractivity contribution is 0.0745. The van der Waals surface area contributed by atoms with E-state index in [2.05, 4.69) is 24.1 Å². The van der Waals surface area contributed by atoms with Gasteiger partial charge in [0.2, 0.25) is 0 Å². The Balaban J connectivity index is 1.87. The van der Waals surface area contributed by atoms with Crippen LogP contribution in [0.2, 0.25) is 0 Å². The quantitative estimate of drug-likeness (QED) is 0.708. The van der Waals surface area contributed by atoms with Gasteiger partial charge >= 0.3 is 0 Å². The smallest absolute Gasteiger partial charge is 0.0831 e. The highest BCUT2D eigenvalue weighted by Crippen LogP contribution is 2.30. The first-order chi connectivity index (χ1) is 7.18. The topological polar surface area (TPSA) is 35.5 Å². The van der Waals surface area contributed by atoms with E-state index >= 15 is 0 Å². The summed E-state index contributed by atoms with van der Waals surface area (Å²) >= 11 is 0. The van der Waals surface area contributed by atoms with Gasteiger partial charge in [-0.05, 0) is 31.7 Å². The van der Waals surface area contributed by atoms with E-state index in [0.29, 0.717) is 6.04 Å². The van der Waals surface area contributed by atoms with Gasteiger partial charge < -0.3 is 10.4 Å². The molecule has 0 amide bonds. The van der Waals surface area contributed by atoms with Crippen LogP contribution in [0.4, 0.5) is 0 Å². The third-order valence-electron chi connectivity index (χ3n) is 3.56. The summed E-state index contributed by atoms with van der Waals surface area (Å²) in [7, 11) is 0. The van der Waals surface area contributed by atoms with Crippen molar-refractivity contribution in [1.29, 1.82) is 0 Å². The van der Waals surface area contributed by atoms with Crippen LogP contribution < -0.4 is 5.32 Å². The molecule has 0 spiro atoms. The van der Waals surface area contributed by atoms with E-state index in [-0.39, 0.29) is 6.10 Å². The number of rotatable bonds is 5. The van der Waals surface area contributed by atoms with Crippen LogP contribution in [0.25, 0.3) is 0 Å². The molecule has 2 unspecified atom stereocenters. The van der Waals surface area contributed by atoms with E-state index < -0.39 is 0 Å². The summed E-state index contributed by atoms with van der Waals surface area (Å²) in [5, 5.41) is 13.2. The van der Waals surface area contributed by atoms with Gasteiger partial charge in [-0.1, -0.05) is 13.8 Å². The van der Waals surface area contributed by atoms with Gasteiger partial charge in [0, 0.05) is 25.2 Å². The van der Waals surface area contributed by atoms with Crippen LogP contribution in [0.3, 0.4) is 0 Å². The van der Waals surface area contributed by atoms with Gasteiger partial charge in [0.05, 0.1) is 6.10 Å². The summed E-state index contributed by atoms with van der Waals surface area (Å²) in [4.78, 5) is 2.55. The molecule has 3 nitrogen and oxygen atoms in total. The molecule has 1 aliphatic carbocycles.